The van der Waals surface area contributed by atoms with Crippen molar-refractivity contribution in [1.82, 2.24) is 9.88 Å². The Morgan fingerprint density at radius 2 is 2.15 bits per heavy atom. The topological polar surface area (TPSA) is 69.0 Å². The molecule has 1 amide bonds. The summed E-state index contributed by atoms with van der Waals surface area (Å²) in [5.74, 6) is -0.123. The van der Waals surface area contributed by atoms with Crippen LogP contribution in [-0.2, 0) is 11.3 Å². The van der Waals surface area contributed by atoms with Gasteiger partial charge >= 0.3 is 0 Å². The van der Waals surface area contributed by atoms with Crippen molar-refractivity contribution in [3.8, 4) is 6.07 Å². The molecule has 6 heteroatoms. The molecule has 3 rings (SSSR count). The van der Waals surface area contributed by atoms with Crippen LogP contribution in [-0.4, -0.2) is 28.9 Å². The Kier molecular flexibility index (Phi) is 5.74. The number of para-hydroxylation sites is 1. The maximum absolute atomic E-state index is 12.4. The van der Waals surface area contributed by atoms with Gasteiger partial charge in [-0.15, -0.1) is 6.58 Å². The number of nitrogens with zero attached hydrogens (tertiary/aromatic N) is 3. The molecule has 1 aromatic heterocycles. The normalized spacial score (nSPS) is 10.6. The van der Waals surface area contributed by atoms with Gasteiger partial charge in [-0.3, -0.25) is 9.69 Å². The smallest absolute Gasteiger partial charge is 0.240 e. The summed E-state index contributed by atoms with van der Waals surface area (Å²) in [5.41, 5.74) is 2.47. The highest BCUT2D eigenvalue weighted by Crippen LogP contribution is 2.25. The van der Waals surface area contributed by atoms with Gasteiger partial charge in [0.15, 0.2) is 5.13 Å². The van der Waals surface area contributed by atoms with Crippen molar-refractivity contribution in [3.05, 3.63) is 72.3 Å². The van der Waals surface area contributed by atoms with Crippen LogP contribution >= 0.6 is 11.3 Å². The van der Waals surface area contributed by atoms with E-state index in [4.69, 9.17) is 5.26 Å². The number of hydrogen-bond acceptors (Lipinski definition) is 5. The van der Waals surface area contributed by atoms with Crippen molar-refractivity contribution < 1.29 is 4.79 Å². The standard InChI is InChI=1S/C20H18N4OS/c1-2-10-24(13-16-7-5-6-15(11-16)12-21)14-19(25)23-20-22-17-8-3-4-9-18(17)26-20/h2-9,11H,1,10,13-14H2,(H,22,23,25). The molecule has 0 saturated carbocycles. The number of benzene rings is 2. The van der Waals surface area contributed by atoms with Crippen LogP contribution in [0, 0.1) is 11.3 Å². The predicted molar refractivity (Wildman–Crippen MR) is 105 cm³/mol. The van der Waals surface area contributed by atoms with Crippen molar-refractivity contribution in [2.75, 3.05) is 18.4 Å². The molecule has 0 bridgehead atoms. The van der Waals surface area contributed by atoms with E-state index in [1.165, 1.54) is 11.3 Å². The van der Waals surface area contributed by atoms with Gasteiger partial charge in [0, 0.05) is 13.1 Å². The van der Waals surface area contributed by atoms with E-state index in [0.29, 0.717) is 23.8 Å². The first-order valence-electron chi connectivity index (χ1n) is 8.15. The lowest BCUT2D eigenvalue weighted by Gasteiger charge is -2.20. The lowest BCUT2D eigenvalue weighted by molar-refractivity contribution is -0.117. The fourth-order valence-electron chi connectivity index (χ4n) is 2.65. The molecule has 1 heterocycles. The number of fused-ring (bicyclic) bond motifs is 1. The van der Waals surface area contributed by atoms with Gasteiger partial charge in [-0.05, 0) is 29.8 Å². The van der Waals surface area contributed by atoms with Gasteiger partial charge in [-0.25, -0.2) is 4.98 Å². The molecule has 26 heavy (non-hydrogen) atoms. The van der Waals surface area contributed by atoms with E-state index in [1.807, 2.05) is 47.4 Å². The minimum atomic E-state index is -0.123. The van der Waals surface area contributed by atoms with E-state index in [-0.39, 0.29) is 12.5 Å². The lowest BCUT2D eigenvalue weighted by Crippen LogP contribution is -2.33. The third-order valence-electron chi connectivity index (χ3n) is 3.76. The third-order valence-corrected chi connectivity index (χ3v) is 4.71. The van der Waals surface area contributed by atoms with Gasteiger partial charge in [0.1, 0.15) is 0 Å². The second-order valence-corrected chi connectivity index (χ2v) is 6.84. The highest BCUT2D eigenvalue weighted by Gasteiger charge is 2.13. The maximum Gasteiger partial charge on any atom is 0.240 e. The summed E-state index contributed by atoms with van der Waals surface area (Å²) in [7, 11) is 0. The first kappa shape index (κ1) is 17.8. The van der Waals surface area contributed by atoms with Crippen LogP contribution in [0.3, 0.4) is 0 Å². The quantitative estimate of drug-likeness (QED) is 0.649. The number of carbonyl (C=O) groups excluding carboxylic acids is 1. The van der Waals surface area contributed by atoms with Gasteiger partial charge < -0.3 is 5.32 Å². The van der Waals surface area contributed by atoms with Crippen molar-refractivity contribution in [1.29, 1.82) is 5.26 Å². The first-order valence-corrected chi connectivity index (χ1v) is 8.97. The van der Waals surface area contributed by atoms with Gasteiger partial charge in [0.2, 0.25) is 5.91 Å². The van der Waals surface area contributed by atoms with E-state index in [1.54, 1.807) is 12.1 Å². The number of carbonyl (C=O) groups is 1. The second-order valence-electron chi connectivity index (χ2n) is 5.81. The maximum atomic E-state index is 12.4. The molecule has 0 atom stereocenters. The molecule has 2 aromatic carbocycles. The number of thiazole rings is 1. The zero-order valence-electron chi connectivity index (χ0n) is 14.2. The van der Waals surface area contributed by atoms with Crippen LogP contribution in [0.2, 0.25) is 0 Å². The third kappa shape index (κ3) is 4.54. The van der Waals surface area contributed by atoms with E-state index in [0.717, 1.165) is 15.8 Å². The highest BCUT2D eigenvalue weighted by atomic mass is 32.1. The minimum Gasteiger partial charge on any atom is -0.301 e. The van der Waals surface area contributed by atoms with Crippen LogP contribution < -0.4 is 5.32 Å². The Morgan fingerprint density at radius 1 is 1.31 bits per heavy atom. The van der Waals surface area contributed by atoms with Gasteiger partial charge in [-0.1, -0.05) is 41.7 Å². The zero-order chi connectivity index (χ0) is 18.4. The average Bonchev–Trinajstić information content (AvgIpc) is 3.04. The fraction of sp³-hybridized carbons (Fsp3) is 0.150. The number of hydrogen-bond donors (Lipinski definition) is 1. The predicted octanol–water partition coefficient (Wildman–Crippen LogP) is 3.79. The summed E-state index contributed by atoms with van der Waals surface area (Å²) in [6.45, 7) is 5.12. The molecule has 0 aliphatic heterocycles. The number of amides is 1. The van der Waals surface area contributed by atoms with E-state index >= 15 is 0 Å². The Morgan fingerprint density at radius 3 is 2.92 bits per heavy atom. The van der Waals surface area contributed by atoms with Gasteiger partial charge in [0.05, 0.1) is 28.4 Å². The molecule has 5 nitrogen and oxygen atoms in total. The van der Waals surface area contributed by atoms with E-state index < -0.39 is 0 Å². The van der Waals surface area contributed by atoms with Crippen molar-refractivity contribution in [2.45, 2.75) is 6.54 Å². The van der Waals surface area contributed by atoms with Crippen LogP contribution in [0.4, 0.5) is 5.13 Å². The zero-order valence-corrected chi connectivity index (χ0v) is 15.0. The summed E-state index contributed by atoms with van der Waals surface area (Å²) in [6, 6.07) is 17.3. The SMILES string of the molecule is C=CCN(CC(=O)Nc1nc2ccccc2s1)Cc1cccc(C#N)c1. The summed E-state index contributed by atoms with van der Waals surface area (Å²) in [4.78, 5) is 18.8. The van der Waals surface area contributed by atoms with Crippen LogP contribution in [0.1, 0.15) is 11.1 Å². The van der Waals surface area contributed by atoms with Crippen LogP contribution in [0.25, 0.3) is 10.2 Å². The highest BCUT2D eigenvalue weighted by molar-refractivity contribution is 7.22. The molecular formula is C20H18N4OS. The Hall–Kier alpha value is -3.01. The van der Waals surface area contributed by atoms with E-state index in [9.17, 15) is 4.79 Å². The number of nitrogens with one attached hydrogen (secondary N) is 1. The first-order chi connectivity index (χ1) is 12.7. The van der Waals surface area contributed by atoms with E-state index in [2.05, 4.69) is 22.9 Å². The van der Waals surface area contributed by atoms with Crippen molar-refractivity contribution >= 4 is 32.6 Å². The Labute approximate surface area is 156 Å². The molecule has 0 unspecified atom stereocenters. The van der Waals surface area contributed by atoms with Gasteiger partial charge in [0.25, 0.3) is 0 Å². The molecule has 0 aliphatic rings. The fourth-order valence-corrected chi connectivity index (χ4v) is 3.53. The van der Waals surface area contributed by atoms with Gasteiger partial charge in [-0.2, -0.15) is 5.26 Å². The number of aromatic nitrogens is 1. The monoisotopic (exact) mass is 362 g/mol. The molecule has 0 radical (unpaired) electrons. The Balaban J connectivity index is 1.65. The summed E-state index contributed by atoms with van der Waals surface area (Å²) in [5, 5.41) is 12.5. The lowest BCUT2D eigenvalue weighted by atomic mass is 10.1. The summed E-state index contributed by atoms with van der Waals surface area (Å²) in [6.07, 6.45) is 1.76. The second kappa shape index (κ2) is 8.39. The number of anilines is 1. The molecule has 1 N–H and O–H groups in total. The molecule has 3 aromatic rings. The molecular weight excluding hydrogens is 344 g/mol. The molecule has 0 saturated heterocycles. The minimum absolute atomic E-state index is 0.123. The number of nitriles is 1. The van der Waals surface area contributed by atoms with Crippen LogP contribution in [0.5, 0.6) is 0 Å². The molecule has 130 valence electrons. The molecule has 0 spiro atoms. The summed E-state index contributed by atoms with van der Waals surface area (Å²) >= 11 is 1.46. The largest absolute Gasteiger partial charge is 0.301 e. The molecule has 0 fully saturated rings. The Bertz CT molecular complexity index is 940. The van der Waals surface area contributed by atoms with Crippen molar-refractivity contribution in [2.24, 2.45) is 0 Å². The summed E-state index contributed by atoms with van der Waals surface area (Å²) < 4.78 is 1.04. The molecule has 0 aliphatic carbocycles. The van der Waals surface area contributed by atoms with Crippen LogP contribution in [0.15, 0.2) is 61.2 Å². The van der Waals surface area contributed by atoms with Crippen molar-refractivity contribution in [3.63, 3.8) is 0 Å². The average molecular weight is 362 g/mol. The number of rotatable bonds is 7.